The molecule has 0 saturated heterocycles. The fourth-order valence-electron chi connectivity index (χ4n) is 3.27. The summed E-state index contributed by atoms with van der Waals surface area (Å²) in [5.74, 6) is -0.196. The molecule has 0 aliphatic heterocycles. The molecule has 7 nitrogen and oxygen atoms in total. The Morgan fingerprint density at radius 3 is 2.52 bits per heavy atom. The Morgan fingerprint density at radius 1 is 1.14 bits per heavy atom. The first-order valence-electron chi connectivity index (χ1n) is 8.55. The highest BCUT2D eigenvalue weighted by atomic mass is 19.4. The third-order valence-electron chi connectivity index (χ3n) is 4.51. The number of aromatic nitrogens is 5. The van der Waals surface area contributed by atoms with E-state index in [0.717, 1.165) is 23.1 Å². The molecular weight excluding hydrogens is 387 g/mol. The number of H-pyrrole nitrogens is 1. The maximum absolute atomic E-state index is 13.1. The quantitative estimate of drug-likeness (QED) is 0.564. The van der Waals surface area contributed by atoms with Gasteiger partial charge in [0.1, 0.15) is 5.75 Å². The number of nitrogens with zero attached hydrogens (tertiary/aromatic N) is 4. The van der Waals surface area contributed by atoms with Crippen molar-refractivity contribution < 1.29 is 22.7 Å². The van der Waals surface area contributed by atoms with Gasteiger partial charge in [-0.2, -0.15) is 0 Å². The third-order valence-corrected chi connectivity index (χ3v) is 4.51. The summed E-state index contributed by atoms with van der Waals surface area (Å²) in [4.78, 5) is 13.1. The molecule has 0 aliphatic carbocycles. The van der Waals surface area contributed by atoms with Crippen LogP contribution >= 0.6 is 0 Å². The number of hydrogen-bond acceptors (Lipinski definition) is 5. The molecule has 29 heavy (non-hydrogen) atoms. The SMILES string of the molecule is Cc1c(Cc2nnn[nH]2)c2ccccc2n1C(=O)c1ccc(OC(F)(F)F)cc1. The summed E-state index contributed by atoms with van der Waals surface area (Å²) in [6.45, 7) is 1.80. The van der Waals surface area contributed by atoms with E-state index < -0.39 is 6.36 Å². The average Bonchev–Trinajstić information content (AvgIpc) is 3.28. The molecule has 0 aliphatic rings. The summed E-state index contributed by atoms with van der Waals surface area (Å²) >= 11 is 0. The van der Waals surface area contributed by atoms with Crippen molar-refractivity contribution in [3.8, 4) is 5.75 Å². The molecule has 2 aromatic carbocycles. The van der Waals surface area contributed by atoms with Gasteiger partial charge in [-0.25, -0.2) is 5.10 Å². The van der Waals surface area contributed by atoms with Crippen LogP contribution in [0.4, 0.5) is 13.2 Å². The largest absolute Gasteiger partial charge is 0.573 e. The van der Waals surface area contributed by atoms with Crippen molar-refractivity contribution in [3.05, 3.63) is 71.2 Å². The van der Waals surface area contributed by atoms with Crippen LogP contribution in [0.2, 0.25) is 0 Å². The van der Waals surface area contributed by atoms with E-state index in [9.17, 15) is 18.0 Å². The van der Waals surface area contributed by atoms with Gasteiger partial charge in [0.15, 0.2) is 5.82 Å². The number of halogens is 3. The van der Waals surface area contributed by atoms with Gasteiger partial charge in [-0.3, -0.25) is 9.36 Å². The van der Waals surface area contributed by atoms with E-state index in [-0.39, 0.29) is 17.2 Å². The third kappa shape index (κ3) is 3.68. The Kier molecular flexibility index (Phi) is 4.53. The first-order chi connectivity index (χ1) is 13.8. The number of alkyl halides is 3. The van der Waals surface area contributed by atoms with E-state index in [1.807, 2.05) is 24.3 Å². The Balaban J connectivity index is 1.74. The molecule has 0 radical (unpaired) electrons. The summed E-state index contributed by atoms with van der Waals surface area (Å²) in [5.41, 5.74) is 2.50. The fourth-order valence-corrected chi connectivity index (χ4v) is 3.27. The van der Waals surface area contributed by atoms with Gasteiger partial charge in [-0.15, -0.1) is 18.3 Å². The normalized spacial score (nSPS) is 11.7. The second-order valence-electron chi connectivity index (χ2n) is 6.32. The molecule has 0 atom stereocenters. The van der Waals surface area contributed by atoms with Crippen molar-refractivity contribution in [3.63, 3.8) is 0 Å². The van der Waals surface area contributed by atoms with E-state index in [4.69, 9.17) is 0 Å². The van der Waals surface area contributed by atoms with Crippen molar-refractivity contribution in [1.82, 2.24) is 25.2 Å². The van der Waals surface area contributed by atoms with Crippen LogP contribution < -0.4 is 4.74 Å². The predicted molar refractivity (Wildman–Crippen MR) is 96.5 cm³/mol. The van der Waals surface area contributed by atoms with E-state index in [1.165, 1.54) is 16.7 Å². The van der Waals surface area contributed by atoms with Gasteiger partial charge in [-0.05, 0) is 53.2 Å². The maximum atomic E-state index is 13.1. The van der Waals surface area contributed by atoms with E-state index in [1.54, 1.807) is 6.92 Å². The number of nitrogens with one attached hydrogen (secondary N) is 1. The molecule has 4 rings (SSSR count). The van der Waals surface area contributed by atoms with Gasteiger partial charge in [0.05, 0.1) is 5.52 Å². The van der Waals surface area contributed by atoms with Gasteiger partial charge >= 0.3 is 6.36 Å². The summed E-state index contributed by atoms with van der Waals surface area (Å²) in [7, 11) is 0. The summed E-state index contributed by atoms with van der Waals surface area (Å²) in [6, 6.07) is 12.2. The standard InChI is InChI=1S/C19H14F3N5O2/c1-11-15(10-17-23-25-26-24-17)14-4-2-3-5-16(14)27(11)18(28)12-6-8-13(9-7-12)29-19(20,21)22/h2-9H,10H2,1H3,(H,23,24,25,26). The minimum absolute atomic E-state index is 0.233. The second kappa shape index (κ2) is 7.04. The molecule has 2 aromatic heterocycles. The first kappa shape index (κ1) is 18.7. The number of rotatable bonds is 4. The summed E-state index contributed by atoms with van der Waals surface area (Å²) < 4.78 is 42.4. The molecule has 10 heteroatoms. The molecule has 2 heterocycles. The van der Waals surface area contributed by atoms with Gasteiger partial charge < -0.3 is 4.74 Å². The number of tetrazole rings is 1. The number of fused-ring (bicyclic) bond motifs is 1. The molecule has 0 spiro atoms. The van der Waals surface area contributed by atoms with Crippen LogP contribution in [0.5, 0.6) is 5.75 Å². The summed E-state index contributed by atoms with van der Waals surface area (Å²) in [5, 5.41) is 14.6. The van der Waals surface area contributed by atoms with E-state index in [0.29, 0.717) is 23.5 Å². The zero-order valence-electron chi connectivity index (χ0n) is 15.1. The number of para-hydroxylation sites is 1. The molecule has 0 unspecified atom stereocenters. The minimum atomic E-state index is -4.79. The highest BCUT2D eigenvalue weighted by molar-refractivity contribution is 6.04. The minimum Gasteiger partial charge on any atom is -0.406 e. The lowest BCUT2D eigenvalue weighted by atomic mass is 10.1. The number of hydrogen-bond donors (Lipinski definition) is 1. The van der Waals surface area contributed by atoms with Gasteiger partial charge in [-0.1, -0.05) is 18.2 Å². The second-order valence-corrected chi connectivity index (χ2v) is 6.32. The van der Waals surface area contributed by atoms with Crippen LogP contribution in [0.25, 0.3) is 10.9 Å². The van der Waals surface area contributed by atoms with E-state index in [2.05, 4.69) is 25.4 Å². The molecular formula is C19H14F3N5O2. The maximum Gasteiger partial charge on any atom is 0.573 e. The smallest absolute Gasteiger partial charge is 0.406 e. The van der Waals surface area contributed by atoms with Crippen LogP contribution in [0.15, 0.2) is 48.5 Å². The number of carbonyl (C=O) groups is 1. The molecule has 0 amide bonds. The molecule has 0 saturated carbocycles. The zero-order valence-corrected chi connectivity index (χ0v) is 15.1. The Morgan fingerprint density at radius 2 is 1.86 bits per heavy atom. The van der Waals surface area contributed by atoms with E-state index >= 15 is 0 Å². The lowest BCUT2D eigenvalue weighted by Crippen LogP contribution is -2.17. The number of aromatic amines is 1. The number of ether oxygens (including phenoxy) is 1. The monoisotopic (exact) mass is 401 g/mol. The topological polar surface area (TPSA) is 85.7 Å². The van der Waals surface area contributed by atoms with Crippen LogP contribution in [0.3, 0.4) is 0 Å². The Hall–Kier alpha value is -3.69. The summed E-state index contributed by atoms with van der Waals surface area (Å²) in [6.07, 6.45) is -4.39. The Bertz CT molecular complexity index is 1170. The number of carbonyl (C=O) groups excluding carboxylic acids is 1. The number of benzene rings is 2. The Labute approximate surface area is 162 Å². The lowest BCUT2D eigenvalue weighted by molar-refractivity contribution is -0.274. The zero-order chi connectivity index (χ0) is 20.6. The molecule has 1 N–H and O–H groups in total. The van der Waals surface area contributed by atoms with Crippen molar-refractivity contribution in [2.75, 3.05) is 0 Å². The van der Waals surface area contributed by atoms with Gasteiger partial charge in [0, 0.05) is 23.1 Å². The molecule has 0 bridgehead atoms. The fraction of sp³-hybridized carbons (Fsp3) is 0.158. The highest BCUT2D eigenvalue weighted by Crippen LogP contribution is 2.29. The molecule has 4 aromatic rings. The van der Waals surface area contributed by atoms with Gasteiger partial charge in [0.2, 0.25) is 0 Å². The van der Waals surface area contributed by atoms with Gasteiger partial charge in [0.25, 0.3) is 5.91 Å². The van der Waals surface area contributed by atoms with Crippen molar-refractivity contribution in [2.24, 2.45) is 0 Å². The average molecular weight is 401 g/mol. The first-order valence-corrected chi connectivity index (χ1v) is 8.55. The van der Waals surface area contributed by atoms with Crippen molar-refractivity contribution in [2.45, 2.75) is 19.7 Å². The predicted octanol–water partition coefficient (Wildman–Crippen LogP) is 3.64. The van der Waals surface area contributed by atoms with Crippen LogP contribution in [-0.2, 0) is 6.42 Å². The van der Waals surface area contributed by atoms with Crippen LogP contribution in [-0.4, -0.2) is 37.5 Å². The molecule has 0 fully saturated rings. The van der Waals surface area contributed by atoms with Crippen LogP contribution in [0.1, 0.15) is 27.4 Å². The van der Waals surface area contributed by atoms with Crippen molar-refractivity contribution >= 4 is 16.8 Å². The lowest BCUT2D eigenvalue weighted by Gasteiger charge is -2.10. The van der Waals surface area contributed by atoms with Crippen LogP contribution in [0, 0.1) is 6.92 Å². The highest BCUT2D eigenvalue weighted by Gasteiger charge is 2.31. The van der Waals surface area contributed by atoms with Crippen molar-refractivity contribution in [1.29, 1.82) is 0 Å². The molecule has 148 valence electrons.